The molecular formula is C18H19ClN2O3S. The van der Waals surface area contributed by atoms with Crippen molar-refractivity contribution in [3.63, 3.8) is 0 Å². The Kier molecular flexibility index (Phi) is 5.24. The molecule has 1 unspecified atom stereocenters. The van der Waals surface area contributed by atoms with Gasteiger partial charge < -0.3 is 5.32 Å². The maximum atomic E-state index is 13.2. The molecule has 1 N–H and O–H groups in total. The van der Waals surface area contributed by atoms with E-state index in [0.29, 0.717) is 30.2 Å². The number of carbonyl (C=O) groups is 1. The summed E-state index contributed by atoms with van der Waals surface area (Å²) < 4.78 is 27.8. The zero-order chi connectivity index (χ0) is 18.0. The summed E-state index contributed by atoms with van der Waals surface area (Å²) in [4.78, 5) is 11.7. The molecule has 0 bridgehead atoms. The molecule has 0 aliphatic carbocycles. The fourth-order valence-corrected chi connectivity index (χ4v) is 4.84. The molecule has 1 atom stereocenters. The van der Waals surface area contributed by atoms with Crippen molar-refractivity contribution in [3.05, 3.63) is 64.7 Å². The number of piperazine rings is 1. The Bertz CT molecular complexity index is 899. The second-order valence-electron chi connectivity index (χ2n) is 5.97. The van der Waals surface area contributed by atoms with E-state index in [-0.39, 0.29) is 16.7 Å². The first kappa shape index (κ1) is 18.1. The Hall–Kier alpha value is -1.73. The summed E-state index contributed by atoms with van der Waals surface area (Å²) in [7, 11) is -3.73. The molecule has 2 aromatic carbocycles. The molecule has 1 aliphatic rings. The van der Waals surface area contributed by atoms with Crippen LogP contribution in [0.2, 0.25) is 5.02 Å². The number of sulfonamides is 1. The Morgan fingerprint density at radius 1 is 1.20 bits per heavy atom. The van der Waals surface area contributed by atoms with Gasteiger partial charge in [-0.3, -0.25) is 4.79 Å². The Morgan fingerprint density at radius 2 is 1.96 bits per heavy atom. The Labute approximate surface area is 152 Å². The molecule has 7 heteroatoms. The molecule has 0 spiro atoms. The lowest BCUT2D eigenvalue weighted by Crippen LogP contribution is -2.48. The lowest BCUT2D eigenvalue weighted by atomic mass is 10.1. The van der Waals surface area contributed by atoms with Gasteiger partial charge in [0.2, 0.25) is 10.0 Å². The Morgan fingerprint density at radius 3 is 2.68 bits per heavy atom. The van der Waals surface area contributed by atoms with Crippen LogP contribution >= 0.6 is 11.6 Å². The molecule has 1 aliphatic heterocycles. The van der Waals surface area contributed by atoms with E-state index in [9.17, 15) is 13.2 Å². The quantitative estimate of drug-likeness (QED) is 0.831. The number of carbonyl (C=O) groups excluding carboxylic acids is 1. The minimum absolute atomic E-state index is 0.133. The topological polar surface area (TPSA) is 66.5 Å². The van der Waals surface area contributed by atoms with Crippen LogP contribution in [0.15, 0.2) is 53.4 Å². The molecule has 0 saturated carbocycles. The zero-order valence-corrected chi connectivity index (χ0v) is 15.3. The lowest BCUT2D eigenvalue weighted by Gasteiger charge is -2.35. The fraction of sp³-hybridized carbons (Fsp3) is 0.278. The van der Waals surface area contributed by atoms with Crippen molar-refractivity contribution >= 4 is 27.4 Å². The second kappa shape index (κ2) is 7.25. The van der Waals surface area contributed by atoms with Crippen molar-refractivity contribution in [1.29, 1.82) is 0 Å². The molecule has 25 heavy (non-hydrogen) atoms. The van der Waals surface area contributed by atoms with Crippen molar-refractivity contribution in [2.45, 2.75) is 17.9 Å². The first-order valence-electron chi connectivity index (χ1n) is 7.98. The molecule has 0 amide bonds. The number of hydrogen-bond acceptors (Lipinski definition) is 4. The predicted molar refractivity (Wildman–Crippen MR) is 97.4 cm³/mol. The van der Waals surface area contributed by atoms with Crippen LogP contribution in [0, 0.1) is 0 Å². The number of hydrogen-bond donors (Lipinski definition) is 1. The van der Waals surface area contributed by atoms with Crippen LogP contribution in [0.5, 0.6) is 0 Å². The van der Waals surface area contributed by atoms with E-state index in [0.717, 1.165) is 5.56 Å². The van der Waals surface area contributed by atoms with Gasteiger partial charge in [0.25, 0.3) is 0 Å². The summed E-state index contributed by atoms with van der Waals surface area (Å²) in [6, 6.07) is 13.1. The normalized spacial score (nSPS) is 18.9. The summed E-state index contributed by atoms with van der Waals surface area (Å²) in [5.74, 6) is -0.163. The molecule has 0 aromatic heterocycles. The monoisotopic (exact) mass is 378 g/mol. The maximum absolute atomic E-state index is 13.2. The van der Waals surface area contributed by atoms with E-state index in [2.05, 4.69) is 5.32 Å². The van der Waals surface area contributed by atoms with Crippen molar-refractivity contribution < 1.29 is 13.2 Å². The molecule has 132 valence electrons. The van der Waals surface area contributed by atoms with Gasteiger partial charge in [0, 0.05) is 30.2 Å². The average Bonchev–Trinajstić information content (AvgIpc) is 2.62. The van der Waals surface area contributed by atoms with E-state index in [1.807, 2.05) is 12.1 Å². The van der Waals surface area contributed by atoms with Gasteiger partial charge >= 0.3 is 0 Å². The number of benzene rings is 2. The maximum Gasteiger partial charge on any atom is 0.243 e. The summed E-state index contributed by atoms with van der Waals surface area (Å²) in [6.07, 6.45) is 0. The minimum atomic E-state index is -3.73. The van der Waals surface area contributed by atoms with E-state index in [1.165, 1.54) is 23.4 Å². The van der Waals surface area contributed by atoms with Crippen LogP contribution in [-0.2, 0) is 10.0 Å². The zero-order valence-electron chi connectivity index (χ0n) is 13.8. The third-order valence-electron chi connectivity index (χ3n) is 4.27. The molecular weight excluding hydrogens is 360 g/mol. The number of halogens is 1. The molecule has 2 aromatic rings. The van der Waals surface area contributed by atoms with E-state index in [4.69, 9.17) is 11.6 Å². The molecule has 1 saturated heterocycles. The molecule has 1 fully saturated rings. The second-order valence-corrected chi connectivity index (χ2v) is 8.30. The number of ketones is 1. The van der Waals surface area contributed by atoms with Crippen LogP contribution in [-0.4, -0.2) is 38.1 Å². The lowest BCUT2D eigenvalue weighted by molar-refractivity contribution is 0.101. The number of rotatable bonds is 4. The summed E-state index contributed by atoms with van der Waals surface area (Å²) in [6.45, 7) is 2.85. The summed E-state index contributed by atoms with van der Waals surface area (Å²) in [5, 5.41) is 3.80. The standard InChI is InChI=1S/C18H19ClN2O3S/c1-13(22)14-4-3-7-17(11-14)25(23,24)21-9-8-20-12-18(21)15-5-2-6-16(19)10-15/h2-7,10-11,18,20H,8-9,12H2,1H3. The predicted octanol–water partition coefficient (Wildman–Crippen LogP) is 2.88. The van der Waals surface area contributed by atoms with Gasteiger partial charge in [-0.05, 0) is 36.8 Å². The smallest absolute Gasteiger partial charge is 0.243 e. The highest BCUT2D eigenvalue weighted by molar-refractivity contribution is 7.89. The largest absolute Gasteiger partial charge is 0.313 e. The van der Waals surface area contributed by atoms with Crippen LogP contribution in [0.1, 0.15) is 28.9 Å². The highest BCUT2D eigenvalue weighted by Crippen LogP contribution is 2.30. The highest BCUT2D eigenvalue weighted by atomic mass is 35.5. The SMILES string of the molecule is CC(=O)c1cccc(S(=O)(=O)N2CCNCC2c2cccc(Cl)c2)c1. The molecule has 0 radical (unpaired) electrons. The molecule has 1 heterocycles. The fourth-order valence-electron chi connectivity index (χ4n) is 2.98. The van der Waals surface area contributed by atoms with Crippen LogP contribution in [0.4, 0.5) is 0 Å². The third-order valence-corrected chi connectivity index (χ3v) is 6.41. The van der Waals surface area contributed by atoms with E-state index in [1.54, 1.807) is 24.3 Å². The molecule has 3 rings (SSSR count). The highest BCUT2D eigenvalue weighted by Gasteiger charge is 2.34. The van der Waals surface area contributed by atoms with Gasteiger partial charge in [0.1, 0.15) is 0 Å². The van der Waals surface area contributed by atoms with Crippen molar-refractivity contribution in [2.24, 2.45) is 0 Å². The Balaban J connectivity index is 2.02. The van der Waals surface area contributed by atoms with Gasteiger partial charge in [-0.15, -0.1) is 0 Å². The van der Waals surface area contributed by atoms with Gasteiger partial charge in [0.05, 0.1) is 10.9 Å². The van der Waals surface area contributed by atoms with Gasteiger partial charge in [-0.1, -0.05) is 35.9 Å². The van der Waals surface area contributed by atoms with Gasteiger partial charge in [-0.2, -0.15) is 4.31 Å². The summed E-state index contributed by atoms with van der Waals surface area (Å²) >= 11 is 6.07. The first-order valence-corrected chi connectivity index (χ1v) is 9.80. The molecule has 5 nitrogen and oxygen atoms in total. The van der Waals surface area contributed by atoms with E-state index >= 15 is 0 Å². The van der Waals surface area contributed by atoms with Gasteiger partial charge in [0.15, 0.2) is 5.78 Å². The number of nitrogens with one attached hydrogen (secondary N) is 1. The van der Waals surface area contributed by atoms with Crippen LogP contribution in [0.3, 0.4) is 0 Å². The van der Waals surface area contributed by atoms with Crippen molar-refractivity contribution in [2.75, 3.05) is 19.6 Å². The van der Waals surface area contributed by atoms with Crippen molar-refractivity contribution in [1.82, 2.24) is 9.62 Å². The number of nitrogens with zero attached hydrogens (tertiary/aromatic N) is 1. The van der Waals surface area contributed by atoms with Crippen molar-refractivity contribution in [3.8, 4) is 0 Å². The van der Waals surface area contributed by atoms with Crippen LogP contribution < -0.4 is 5.32 Å². The minimum Gasteiger partial charge on any atom is -0.313 e. The van der Waals surface area contributed by atoms with E-state index < -0.39 is 10.0 Å². The van der Waals surface area contributed by atoms with Crippen LogP contribution in [0.25, 0.3) is 0 Å². The first-order chi connectivity index (χ1) is 11.9. The van der Waals surface area contributed by atoms with Gasteiger partial charge in [-0.25, -0.2) is 8.42 Å². The third kappa shape index (κ3) is 3.77. The summed E-state index contributed by atoms with van der Waals surface area (Å²) in [5.41, 5.74) is 1.22. The average molecular weight is 379 g/mol. The number of Topliss-reactive ketones (excluding diaryl/α,β-unsaturated/α-hetero) is 1.